The quantitative estimate of drug-likeness (QED) is 0.933. The van der Waals surface area contributed by atoms with E-state index in [9.17, 15) is 13.2 Å². The smallest absolute Gasteiger partial charge is 0.405 e. The van der Waals surface area contributed by atoms with Gasteiger partial charge in [-0.3, -0.25) is 0 Å². The Kier molecular flexibility index (Phi) is 4.30. The standard InChI is InChI=1S/C14H14F3N3O/c1-3-18-13-8-11(19-9(2)20-13)10-6-4-5-7-12(10)21-14(15,16)17/h4-8H,3H2,1-2H3,(H,18,19,20). The predicted octanol–water partition coefficient (Wildman–Crippen LogP) is 3.78. The molecule has 7 heteroatoms. The minimum Gasteiger partial charge on any atom is -0.405 e. The van der Waals surface area contributed by atoms with Gasteiger partial charge in [-0.15, -0.1) is 13.2 Å². The number of aromatic nitrogens is 2. The van der Waals surface area contributed by atoms with Crippen LogP contribution in [-0.2, 0) is 0 Å². The van der Waals surface area contributed by atoms with Crippen molar-refractivity contribution in [1.82, 2.24) is 9.97 Å². The maximum Gasteiger partial charge on any atom is 0.573 e. The Labute approximate surface area is 120 Å². The summed E-state index contributed by atoms with van der Waals surface area (Å²) < 4.78 is 41.4. The molecule has 112 valence electrons. The fraction of sp³-hybridized carbons (Fsp3) is 0.286. The van der Waals surface area contributed by atoms with Gasteiger partial charge in [0, 0.05) is 18.2 Å². The molecule has 1 N–H and O–H groups in total. The monoisotopic (exact) mass is 297 g/mol. The number of rotatable bonds is 4. The number of benzene rings is 1. The van der Waals surface area contributed by atoms with Crippen LogP contribution >= 0.6 is 0 Å². The molecule has 0 saturated heterocycles. The average Bonchev–Trinajstić information content (AvgIpc) is 2.37. The minimum absolute atomic E-state index is 0.263. The highest BCUT2D eigenvalue weighted by molar-refractivity contribution is 5.69. The van der Waals surface area contributed by atoms with Crippen LogP contribution in [0.15, 0.2) is 30.3 Å². The minimum atomic E-state index is -4.75. The molecule has 2 rings (SSSR count). The van der Waals surface area contributed by atoms with Crippen molar-refractivity contribution >= 4 is 5.82 Å². The van der Waals surface area contributed by atoms with Gasteiger partial charge >= 0.3 is 6.36 Å². The third-order valence-electron chi connectivity index (χ3n) is 2.58. The van der Waals surface area contributed by atoms with Crippen molar-refractivity contribution in [2.75, 3.05) is 11.9 Å². The number of para-hydroxylation sites is 1. The van der Waals surface area contributed by atoms with Gasteiger partial charge in [0.1, 0.15) is 17.4 Å². The molecule has 1 heterocycles. The molecule has 0 aliphatic rings. The molecular formula is C14H14F3N3O. The molecule has 0 atom stereocenters. The van der Waals surface area contributed by atoms with Crippen LogP contribution in [0.1, 0.15) is 12.7 Å². The summed E-state index contributed by atoms with van der Waals surface area (Å²) in [5.41, 5.74) is 0.637. The SMILES string of the molecule is CCNc1cc(-c2ccccc2OC(F)(F)F)nc(C)n1. The molecule has 0 bridgehead atoms. The van der Waals surface area contributed by atoms with E-state index in [1.54, 1.807) is 19.1 Å². The maximum atomic E-state index is 12.4. The molecule has 2 aromatic rings. The molecular weight excluding hydrogens is 283 g/mol. The number of alkyl halides is 3. The number of anilines is 1. The number of ether oxygens (including phenoxy) is 1. The summed E-state index contributed by atoms with van der Waals surface area (Å²) in [6.07, 6.45) is -4.75. The van der Waals surface area contributed by atoms with Gasteiger partial charge in [-0.1, -0.05) is 12.1 Å². The van der Waals surface area contributed by atoms with E-state index in [1.165, 1.54) is 18.2 Å². The largest absolute Gasteiger partial charge is 0.573 e. The van der Waals surface area contributed by atoms with Crippen LogP contribution in [0, 0.1) is 6.92 Å². The lowest BCUT2D eigenvalue weighted by molar-refractivity contribution is -0.274. The molecule has 0 unspecified atom stereocenters. The van der Waals surface area contributed by atoms with E-state index < -0.39 is 6.36 Å². The molecule has 0 aliphatic heterocycles. The Morgan fingerprint density at radius 3 is 2.57 bits per heavy atom. The lowest BCUT2D eigenvalue weighted by atomic mass is 10.1. The van der Waals surface area contributed by atoms with E-state index in [4.69, 9.17) is 0 Å². The first kappa shape index (κ1) is 15.1. The van der Waals surface area contributed by atoms with Crippen LogP contribution in [0.3, 0.4) is 0 Å². The van der Waals surface area contributed by atoms with Crippen LogP contribution in [0.2, 0.25) is 0 Å². The van der Waals surface area contributed by atoms with Crippen molar-refractivity contribution < 1.29 is 17.9 Å². The predicted molar refractivity (Wildman–Crippen MR) is 73.1 cm³/mol. The first-order chi connectivity index (χ1) is 9.89. The fourth-order valence-corrected chi connectivity index (χ4v) is 1.87. The van der Waals surface area contributed by atoms with Crippen LogP contribution in [0.4, 0.5) is 19.0 Å². The Bertz CT molecular complexity index is 629. The number of hydrogen-bond acceptors (Lipinski definition) is 4. The van der Waals surface area contributed by atoms with Gasteiger partial charge in [0.2, 0.25) is 0 Å². The van der Waals surface area contributed by atoms with Crippen molar-refractivity contribution in [3.05, 3.63) is 36.2 Å². The second kappa shape index (κ2) is 5.99. The van der Waals surface area contributed by atoms with Crippen molar-refractivity contribution in [3.8, 4) is 17.0 Å². The molecule has 1 aromatic heterocycles. The van der Waals surface area contributed by atoms with Gasteiger partial charge in [0.25, 0.3) is 0 Å². The van der Waals surface area contributed by atoms with Crippen molar-refractivity contribution in [1.29, 1.82) is 0 Å². The van der Waals surface area contributed by atoms with Crippen LogP contribution in [-0.4, -0.2) is 22.9 Å². The third kappa shape index (κ3) is 4.08. The first-order valence-electron chi connectivity index (χ1n) is 6.33. The van der Waals surface area contributed by atoms with Crippen LogP contribution in [0.5, 0.6) is 5.75 Å². The van der Waals surface area contributed by atoms with Gasteiger partial charge in [-0.2, -0.15) is 0 Å². The number of nitrogens with one attached hydrogen (secondary N) is 1. The summed E-state index contributed by atoms with van der Waals surface area (Å²) in [4.78, 5) is 8.35. The zero-order valence-corrected chi connectivity index (χ0v) is 11.5. The first-order valence-corrected chi connectivity index (χ1v) is 6.33. The number of nitrogens with zero attached hydrogens (tertiary/aromatic N) is 2. The molecule has 0 aliphatic carbocycles. The molecule has 0 saturated carbocycles. The normalized spacial score (nSPS) is 11.3. The summed E-state index contributed by atoms with van der Waals surface area (Å²) in [7, 11) is 0. The lowest BCUT2D eigenvalue weighted by Gasteiger charge is -2.13. The number of aryl methyl sites for hydroxylation is 1. The fourth-order valence-electron chi connectivity index (χ4n) is 1.87. The highest BCUT2D eigenvalue weighted by Crippen LogP contribution is 2.33. The summed E-state index contributed by atoms with van der Waals surface area (Å²) >= 11 is 0. The van der Waals surface area contributed by atoms with E-state index in [-0.39, 0.29) is 11.3 Å². The van der Waals surface area contributed by atoms with E-state index in [2.05, 4.69) is 20.0 Å². The van der Waals surface area contributed by atoms with Crippen LogP contribution in [0.25, 0.3) is 11.3 Å². The summed E-state index contributed by atoms with van der Waals surface area (Å²) in [6, 6.07) is 7.48. The van der Waals surface area contributed by atoms with Gasteiger partial charge in [-0.25, -0.2) is 9.97 Å². The molecule has 0 fully saturated rings. The Hall–Kier alpha value is -2.31. The number of hydrogen-bond donors (Lipinski definition) is 1. The van der Waals surface area contributed by atoms with E-state index >= 15 is 0 Å². The zero-order chi connectivity index (χ0) is 15.5. The summed E-state index contributed by atoms with van der Waals surface area (Å²) in [5.74, 6) is 0.734. The van der Waals surface area contributed by atoms with Crippen molar-refractivity contribution in [2.45, 2.75) is 20.2 Å². The van der Waals surface area contributed by atoms with Crippen LogP contribution < -0.4 is 10.1 Å². The average molecular weight is 297 g/mol. The Balaban J connectivity index is 2.46. The van der Waals surface area contributed by atoms with Gasteiger partial charge < -0.3 is 10.1 Å². The van der Waals surface area contributed by atoms with Crippen molar-refractivity contribution in [3.63, 3.8) is 0 Å². The van der Waals surface area contributed by atoms with Gasteiger partial charge in [-0.05, 0) is 26.0 Å². The molecule has 0 amide bonds. The van der Waals surface area contributed by atoms with E-state index in [0.29, 0.717) is 23.9 Å². The third-order valence-corrected chi connectivity index (χ3v) is 2.58. The second-order valence-corrected chi connectivity index (χ2v) is 4.26. The van der Waals surface area contributed by atoms with E-state index in [0.717, 1.165) is 0 Å². The highest BCUT2D eigenvalue weighted by atomic mass is 19.4. The van der Waals surface area contributed by atoms with Crippen molar-refractivity contribution in [2.24, 2.45) is 0 Å². The Morgan fingerprint density at radius 2 is 1.90 bits per heavy atom. The molecule has 0 spiro atoms. The Morgan fingerprint density at radius 1 is 1.19 bits per heavy atom. The summed E-state index contributed by atoms with van der Waals surface area (Å²) in [6.45, 7) is 4.23. The molecule has 21 heavy (non-hydrogen) atoms. The highest BCUT2D eigenvalue weighted by Gasteiger charge is 2.32. The number of halogens is 3. The molecule has 0 radical (unpaired) electrons. The maximum absolute atomic E-state index is 12.4. The molecule has 4 nitrogen and oxygen atoms in total. The lowest BCUT2D eigenvalue weighted by Crippen LogP contribution is -2.17. The van der Waals surface area contributed by atoms with E-state index in [1.807, 2.05) is 6.92 Å². The topological polar surface area (TPSA) is 47.0 Å². The molecule has 1 aromatic carbocycles. The van der Waals surface area contributed by atoms with Gasteiger partial charge in [0.15, 0.2) is 0 Å². The summed E-state index contributed by atoms with van der Waals surface area (Å²) in [5, 5.41) is 3.01. The van der Waals surface area contributed by atoms with Gasteiger partial charge in [0.05, 0.1) is 5.69 Å². The second-order valence-electron chi connectivity index (χ2n) is 4.26. The zero-order valence-electron chi connectivity index (χ0n) is 11.5.